The van der Waals surface area contributed by atoms with Crippen molar-refractivity contribution in [2.24, 2.45) is 5.18 Å². The maximum atomic E-state index is 14.3. The lowest BCUT2D eigenvalue weighted by Gasteiger charge is -2.49. The molecule has 3 aromatic rings. The van der Waals surface area contributed by atoms with Crippen LogP contribution in [0.25, 0.3) is 0 Å². The SMILES string of the molecule is CS(=O)(=O)N[C@H]1CCCC[C@@H]1N1C(=O)c2ccccc2[C@@H](C(=O)NOCc2ccc(CN=O)c[n+]2[O-])[C@@H]1c1ccc(Cl)cc1Cl. The molecule has 1 aliphatic heterocycles. The number of aromatic nitrogens is 1. The molecule has 1 fully saturated rings. The molecule has 2 aromatic carbocycles. The van der Waals surface area contributed by atoms with Gasteiger partial charge in [-0.2, -0.15) is 9.64 Å². The Morgan fingerprint density at radius 3 is 2.58 bits per heavy atom. The summed E-state index contributed by atoms with van der Waals surface area (Å²) in [7, 11) is -3.63. The van der Waals surface area contributed by atoms with E-state index in [4.69, 9.17) is 28.0 Å². The van der Waals surface area contributed by atoms with Gasteiger partial charge in [-0.1, -0.05) is 65.5 Å². The number of nitrogens with one attached hydrogen (secondary N) is 2. The number of pyridine rings is 1. The molecule has 238 valence electrons. The molecule has 1 aliphatic carbocycles. The Morgan fingerprint density at radius 2 is 1.87 bits per heavy atom. The van der Waals surface area contributed by atoms with Crippen molar-refractivity contribution in [2.75, 3.05) is 6.26 Å². The molecule has 0 bridgehead atoms. The predicted octanol–water partition coefficient (Wildman–Crippen LogP) is 4.28. The van der Waals surface area contributed by atoms with Gasteiger partial charge in [0.1, 0.15) is 6.54 Å². The molecule has 0 unspecified atom stereocenters. The number of nitroso groups, excluding NO2 is 1. The van der Waals surface area contributed by atoms with Crippen molar-refractivity contribution in [1.29, 1.82) is 0 Å². The normalized spacial score (nSPS) is 21.7. The molecule has 5 rings (SSSR count). The van der Waals surface area contributed by atoms with E-state index >= 15 is 0 Å². The van der Waals surface area contributed by atoms with Gasteiger partial charge in [-0.3, -0.25) is 14.4 Å². The topological polar surface area (TPSA) is 161 Å². The summed E-state index contributed by atoms with van der Waals surface area (Å²) in [6.07, 6.45) is 4.78. The van der Waals surface area contributed by atoms with Crippen LogP contribution < -0.4 is 14.9 Å². The van der Waals surface area contributed by atoms with Gasteiger partial charge in [-0.25, -0.2) is 18.6 Å². The van der Waals surface area contributed by atoms with Gasteiger partial charge in [0.25, 0.3) is 11.8 Å². The van der Waals surface area contributed by atoms with E-state index in [0.29, 0.717) is 44.8 Å². The highest BCUT2D eigenvalue weighted by Crippen LogP contribution is 2.47. The molecule has 1 aromatic heterocycles. The van der Waals surface area contributed by atoms with Crippen LogP contribution >= 0.6 is 23.2 Å². The third kappa shape index (κ3) is 7.28. The van der Waals surface area contributed by atoms with E-state index < -0.39 is 40.0 Å². The van der Waals surface area contributed by atoms with Gasteiger partial charge in [0.2, 0.25) is 15.7 Å². The number of carbonyl (C=O) groups is 2. The second kappa shape index (κ2) is 13.8. The van der Waals surface area contributed by atoms with Crippen LogP contribution in [0.15, 0.2) is 66.0 Å². The Hall–Kier alpha value is -3.62. The summed E-state index contributed by atoms with van der Waals surface area (Å²) in [6.45, 7) is -0.455. The fraction of sp³-hybridized carbons (Fsp3) is 0.367. The number of halogens is 2. The lowest BCUT2D eigenvalue weighted by molar-refractivity contribution is -0.617. The molecule has 2 heterocycles. The zero-order chi connectivity index (χ0) is 32.3. The summed E-state index contributed by atoms with van der Waals surface area (Å²) in [5.41, 5.74) is 4.21. The largest absolute Gasteiger partial charge is 0.618 e. The van der Waals surface area contributed by atoms with Crippen molar-refractivity contribution in [2.45, 2.75) is 62.9 Å². The summed E-state index contributed by atoms with van der Waals surface area (Å²) in [5, 5.41) is 15.8. The number of rotatable bonds is 10. The van der Waals surface area contributed by atoms with E-state index in [9.17, 15) is 28.1 Å². The van der Waals surface area contributed by atoms with Gasteiger partial charge in [-0.05, 0) is 48.2 Å². The zero-order valence-electron chi connectivity index (χ0n) is 24.2. The lowest BCUT2D eigenvalue weighted by atomic mass is 9.76. The van der Waals surface area contributed by atoms with Crippen molar-refractivity contribution >= 4 is 45.0 Å². The number of fused-ring (bicyclic) bond motifs is 1. The number of amides is 2. The van der Waals surface area contributed by atoms with Crippen LogP contribution in [-0.4, -0.2) is 43.5 Å². The first-order chi connectivity index (χ1) is 21.5. The first kappa shape index (κ1) is 32.8. The van der Waals surface area contributed by atoms with Gasteiger partial charge in [0, 0.05) is 39.3 Å². The average molecular weight is 677 g/mol. The molecule has 0 spiro atoms. The van der Waals surface area contributed by atoms with Crippen molar-refractivity contribution in [3.05, 3.63) is 109 Å². The van der Waals surface area contributed by atoms with Crippen LogP contribution in [0.3, 0.4) is 0 Å². The minimum absolute atomic E-state index is 0.160. The first-order valence-electron chi connectivity index (χ1n) is 14.2. The van der Waals surface area contributed by atoms with Crippen molar-refractivity contribution < 1.29 is 27.6 Å². The smallest absolute Gasteiger partial charge is 0.255 e. The summed E-state index contributed by atoms with van der Waals surface area (Å²) in [5.74, 6) is -2.02. The molecule has 2 amide bonds. The van der Waals surface area contributed by atoms with Crippen molar-refractivity contribution in [3.63, 3.8) is 0 Å². The number of benzene rings is 2. The number of hydroxylamine groups is 1. The van der Waals surface area contributed by atoms with Gasteiger partial charge >= 0.3 is 0 Å². The van der Waals surface area contributed by atoms with E-state index in [-0.39, 0.29) is 29.8 Å². The number of hydrogen-bond donors (Lipinski definition) is 2. The molecular weight excluding hydrogens is 645 g/mol. The second-order valence-electron chi connectivity index (χ2n) is 11.1. The number of sulfonamides is 1. The maximum Gasteiger partial charge on any atom is 0.255 e. The summed E-state index contributed by atoms with van der Waals surface area (Å²) >= 11 is 13.0. The lowest BCUT2D eigenvalue weighted by Crippen LogP contribution is -2.59. The van der Waals surface area contributed by atoms with Crippen LogP contribution in [-0.2, 0) is 32.8 Å². The van der Waals surface area contributed by atoms with Gasteiger partial charge in [0.05, 0.1) is 18.2 Å². The quantitative estimate of drug-likeness (QED) is 0.140. The number of hydrogen-bond acceptors (Lipinski definition) is 8. The molecule has 0 radical (unpaired) electrons. The van der Waals surface area contributed by atoms with Gasteiger partial charge in [-0.15, -0.1) is 0 Å². The van der Waals surface area contributed by atoms with Crippen LogP contribution in [0, 0.1) is 10.1 Å². The molecule has 15 heteroatoms. The highest BCUT2D eigenvalue weighted by atomic mass is 35.5. The van der Waals surface area contributed by atoms with E-state index in [1.807, 2.05) is 0 Å². The predicted molar refractivity (Wildman–Crippen MR) is 166 cm³/mol. The van der Waals surface area contributed by atoms with Crippen LogP contribution in [0.2, 0.25) is 10.0 Å². The van der Waals surface area contributed by atoms with E-state index in [1.54, 1.807) is 47.4 Å². The average Bonchev–Trinajstić information content (AvgIpc) is 2.98. The standard InChI is InChI=1S/C30H31Cl2N5O7S/c1-45(42,43)35-25-8-4-5-9-26(25)37-28(23-13-11-19(31)14-24(23)32)27(21-6-2-3-7-22(21)30(37)39)29(38)34-44-17-20-12-10-18(15-33-40)16-36(20)41/h2-3,6-7,10-14,16,25-28,35H,4-5,8-9,15,17H2,1H3,(H,34,38)/t25-,26-,27+,28-/m0/s1. The third-order valence-corrected chi connectivity index (χ3v) is 9.38. The fourth-order valence-corrected chi connectivity index (χ4v) is 7.55. The molecule has 0 saturated heterocycles. The minimum atomic E-state index is -3.63. The summed E-state index contributed by atoms with van der Waals surface area (Å²) in [6, 6.07) is 12.4. The summed E-state index contributed by atoms with van der Waals surface area (Å²) in [4.78, 5) is 46.0. The molecule has 4 atom stereocenters. The molecule has 1 saturated carbocycles. The van der Waals surface area contributed by atoms with Crippen molar-refractivity contribution in [1.82, 2.24) is 15.1 Å². The Balaban J connectivity index is 1.55. The molecule has 2 N–H and O–H groups in total. The van der Waals surface area contributed by atoms with E-state index in [2.05, 4.69) is 15.4 Å². The van der Waals surface area contributed by atoms with Crippen LogP contribution in [0.4, 0.5) is 0 Å². The monoisotopic (exact) mass is 675 g/mol. The Bertz CT molecular complexity index is 1720. The Kier molecular flexibility index (Phi) is 10.0. The van der Waals surface area contributed by atoms with Crippen LogP contribution in [0.5, 0.6) is 0 Å². The van der Waals surface area contributed by atoms with Gasteiger partial charge < -0.3 is 10.1 Å². The van der Waals surface area contributed by atoms with E-state index in [1.165, 1.54) is 18.3 Å². The van der Waals surface area contributed by atoms with Crippen molar-refractivity contribution in [3.8, 4) is 0 Å². The molecule has 12 nitrogen and oxygen atoms in total. The van der Waals surface area contributed by atoms with Crippen LogP contribution in [0.1, 0.15) is 70.4 Å². The van der Waals surface area contributed by atoms with E-state index in [0.717, 1.165) is 19.1 Å². The first-order valence-corrected chi connectivity index (χ1v) is 16.9. The highest BCUT2D eigenvalue weighted by Gasteiger charge is 2.49. The minimum Gasteiger partial charge on any atom is -0.618 e. The number of carbonyl (C=O) groups excluding carboxylic acids is 2. The Morgan fingerprint density at radius 1 is 1.11 bits per heavy atom. The number of nitrogens with zero attached hydrogens (tertiary/aromatic N) is 3. The molecular formula is C30H31Cl2N5O7S. The zero-order valence-corrected chi connectivity index (χ0v) is 26.5. The highest BCUT2D eigenvalue weighted by molar-refractivity contribution is 7.88. The van der Waals surface area contributed by atoms with Gasteiger partial charge in [0.15, 0.2) is 12.8 Å². The third-order valence-electron chi connectivity index (χ3n) is 8.09. The molecule has 45 heavy (non-hydrogen) atoms. The summed E-state index contributed by atoms with van der Waals surface area (Å²) < 4.78 is 27.9. The molecule has 2 aliphatic rings. The fourth-order valence-electron chi connectivity index (χ4n) is 6.21. The Labute approximate surface area is 270 Å². The maximum absolute atomic E-state index is 14.3. The second-order valence-corrected chi connectivity index (χ2v) is 13.8.